The molecule has 1 aliphatic heterocycles. The number of sulfone groups is 1. The van der Waals surface area contributed by atoms with E-state index in [4.69, 9.17) is 14.6 Å². The summed E-state index contributed by atoms with van der Waals surface area (Å²) in [5.41, 5.74) is 0. The molecular weight excluding hydrogens is 332 g/mol. The molecule has 2 rings (SSSR count). The molecule has 1 aromatic heterocycles. The zero-order valence-corrected chi connectivity index (χ0v) is 13.7. The van der Waals surface area contributed by atoms with Crippen molar-refractivity contribution in [1.29, 1.82) is 0 Å². The van der Waals surface area contributed by atoms with Gasteiger partial charge in [0.2, 0.25) is 15.9 Å². The molecule has 1 aliphatic rings. The van der Waals surface area contributed by atoms with Crippen molar-refractivity contribution in [2.24, 2.45) is 11.1 Å². The van der Waals surface area contributed by atoms with E-state index in [0.29, 0.717) is 19.8 Å². The third kappa shape index (κ3) is 4.38. The second kappa shape index (κ2) is 6.49. The van der Waals surface area contributed by atoms with Crippen LogP contribution in [0.2, 0.25) is 0 Å². The Hall–Kier alpha value is -1.23. The topological polar surface area (TPSA) is 126 Å². The summed E-state index contributed by atoms with van der Waals surface area (Å²) in [6.07, 6.45) is 3.59. The Morgan fingerprint density at radius 1 is 1.32 bits per heavy atom. The number of primary sulfonamides is 1. The van der Waals surface area contributed by atoms with Crippen molar-refractivity contribution in [3.8, 4) is 5.88 Å². The first-order chi connectivity index (χ1) is 10.2. The number of hydrogen-bond donors (Lipinski definition) is 1. The maximum absolute atomic E-state index is 11.8. The van der Waals surface area contributed by atoms with Gasteiger partial charge in [0.05, 0.1) is 12.8 Å². The summed E-state index contributed by atoms with van der Waals surface area (Å²) in [7, 11) is -7.74. The van der Waals surface area contributed by atoms with Gasteiger partial charge in [-0.05, 0) is 24.8 Å². The summed E-state index contributed by atoms with van der Waals surface area (Å²) in [6.45, 7) is 1.59. The SMILES string of the molecule is CS(=O)(=O)c1cc(S(N)(=O)=O)cnc1OCC1CCOCC1. The first-order valence-corrected chi connectivity index (χ1v) is 10.0. The lowest BCUT2D eigenvalue weighted by Gasteiger charge is -2.22. The van der Waals surface area contributed by atoms with Crippen LogP contribution >= 0.6 is 0 Å². The molecule has 0 radical (unpaired) electrons. The van der Waals surface area contributed by atoms with Crippen molar-refractivity contribution in [3.63, 3.8) is 0 Å². The molecule has 1 aromatic rings. The zero-order chi connectivity index (χ0) is 16.4. The highest BCUT2D eigenvalue weighted by Crippen LogP contribution is 2.25. The van der Waals surface area contributed by atoms with Crippen LogP contribution < -0.4 is 9.88 Å². The summed E-state index contributed by atoms with van der Waals surface area (Å²) >= 11 is 0. The summed E-state index contributed by atoms with van der Waals surface area (Å²) < 4.78 is 57.0. The van der Waals surface area contributed by atoms with Crippen LogP contribution in [0, 0.1) is 5.92 Å². The van der Waals surface area contributed by atoms with Gasteiger partial charge in [-0.1, -0.05) is 0 Å². The second-order valence-electron chi connectivity index (χ2n) is 5.16. The molecule has 2 N–H and O–H groups in total. The fourth-order valence-electron chi connectivity index (χ4n) is 2.05. The molecule has 22 heavy (non-hydrogen) atoms. The van der Waals surface area contributed by atoms with Crippen LogP contribution in [0.15, 0.2) is 22.1 Å². The van der Waals surface area contributed by atoms with E-state index < -0.39 is 19.9 Å². The largest absolute Gasteiger partial charge is 0.476 e. The predicted molar refractivity (Wildman–Crippen MR) is 77.8 cm³/mol. The molecule has 124 valence electrons. The highest BCUT2D eigenvalue weighted by molar-refractivity contribution is 7.91. The standard InChI is InChI=1S/C12H18N2O6S2/c1-21(15,16)11-6-10(22(13,17)18)7-14-12(11)20-8-9-2-4-19-5-3-9/h6-7,9H,2-5,8H2,1H3,(H2,13,17,18). The highest BCUT2D eigenvalue weighted by Gasteiger charge is 2.22. The van der Waals surface area contributed by atoms with Crippen molar-refractivity contribution in [2.45, 2.75) is 22.6 Å². The lowest BCUT2D eigenvalue weighted by molar-refractivity contribution is 0.0485. The van der Waals surface area contributed by atoms with E-state index in [0.717, 1.165) is 31.4 Å². The Kier molecular flexibility index (Phi) is 5.05. The molecule has 0 bridgehead atoms. The number of sulfonamides is 1. The average molecular weight is 350 g/mol. The molecule has 8 nitrogen and oxygen atoms in total. The van der Waals surface area contributed by atoms with Crippen molar-refractivity contribution in [1.82, 2.24) is 4.98 Å². The van der Waals surface area contributed by atoms with E-state index >= 15 is 0 Å². The molecule has 0 aliphatic carbocycles. The van der Waals surface area contributed by atoms with Gasteiger partial charge in [-0.2, -0.15) is 0 Å². The fourth-order valence-corrected chi connectivity index (χ4v) is 3.38. The maximum Gasteiger partial charge on any atom is 0.239 e. The van der Waals surface area contributed by atoms with Crippen molar-refractivity contribution in [3.05, 3.63) is 12.3 Å². The minimum Gasteiger partial charge on any atom is -0.476 e. The first-order valence-electron chi connectivity index (χ1n) is 6.61. The van der Waals surface area contributed by atoms with E-state index in [-0.39, 0.29) is 21.6 Å². The Labute approximate surface area is 129 Å². The normalized spacial score (nSPS) is 17.4. The van der Waals surface area contributed by atoms with Crippen molar-refractivity contribution in [2.75, 3.05) is 26.1 Å². The molecular formula is C12H18N2O6S2. The Bertz CT molecular complexity index is 739. The van der Waals surface area contributed by atoms with E-state index in [1.165, 1.54) is 0 Å². The van der Waals surface area contributed by atoms with Crippen LogP contribution in [0.3, 0.4) is 0 Å². The van der Waals surface area contributed by atoms with Gasteiger partial charge in [0.1, 0.15) is 9.79 Å². The van der Waals surface area contributed by atoms with Crippen LogP contribution in [0.25, 0.3) is 0 Å². The minimum absolute atomic E-state index is 0.110. The van der Waals surface area contributed by atoms with Crippen LogP contribution in [0.4, 0.5) is 0 Å². The molecule has 0 amide bonds. The summed E-state index contributed by atoms with van der Waals surface area (Å²) in [5.74, 6) is 0.141. The van der Waals surface area contributed by atoms with E-state index in [2.05, 4.69) is 4.98 Å². The molecule has 0 unspecified atom stereocenters. The number of nitrogens with two attached hydrogens (primary N) is 1. The second-order valence-corrected chi connectivity index (χ2v) is 8.70. The number of ether oxygens (including phenoxy) is 2. The van der Waals surface area contributed by atoms with Gasteiger partial charge in [-0.3, -0.25) is 0 Å². The molecule has 0 saturated carbocycles. The summed E-state index contributed by atoms with van der Waals surface area (Å²) in [4.78, 5) is 3.15. The maximum atomic E-state index is 11.8. The minimum atomic E-state index is -4.04. The quantitative estimate of drug-likeness (QED) is 0.788. The van der Waals surface area contributed by atoms with Gasteiger partial charge in [-0.15, -0.1) is 0 Å². The van der Waals surface area contributed by atoms with Crippen LogP contribution in [-0.2, 0) is 24.6 Å². The number of aromatic nitrogens is 1. The Balaban J connectivity index is 2.26. The molecule has 10 heteroatoms. The number of nitrogens with zero attached hydrogens (tertiary/aromatic N) is 1. The Morgan fingerprint density at radius 3 is 2.50 bits per heavy atom. The van der Waals surface area contributed by atoms with Gasteiger partial charge in [0, 0.05) is 19.5 Å². The third-order valence-electron chi connectivity index (χ3n) is 3.32. The van der Waals surface area contributed by atoms with E-state index in [1.54, 1.807) is 0 Å². The lowest BCUT2D eigenvalue weighted by Crippen LogP contribution is -2.22. The van der Waals surface area contributed by atoms with Crippen molar-refractivity contribution >= 4 is 19.9 Å². The molecule has 0 atom stereocenters. The number of hydrogen-bond acceptors (Lipinski definition) is 7. The molecule has 0 aromatic carbocycles. The first kappa shape index (κ1) is 17.1. The zero-order valence-electron chi connectivity index (χ0n) is 12.1. The molecule has 1 fully saturated rings. The molecule has 2 heterocycles. The molecule has 0 spiro atoms. The number of pyridine rings is 1. The van der Waals surface area contributed by atoms with Crippen molar-refractivity contribution < 1.29 is 26.3 Å². The summed E-state index contributed by atoms with van der Waals surface area (Å²) in [5, 5.41) is 4.99. The van der Waals surface area contributed by atoms with Gasteiger partial charge in [0.25, 0.3) is 0 Å². The Morgan fingerprint density at radius 2 is 1.95 bits per heavy atom. The monoisotopic (exact) mass is 350 g/mol. The molecule has 1 saturated heterocycles. The van der Waals surface area contributed by atoms with Crippen LogP contribution in [0.5, 0.6) is 5.88 Å². The average Bonchev–Trinajstić information content (AvgIpc) is 2.44. The summed E-state index contributed by atoms with van der Waals surface area (Å²) in [6, 6.07) is 0.969. The van der Waals surface area contributed by atoms with Gasteiger partial charge in [-0.25, -0.2) is 27.0 Å². The number of rotatable bonds is 5. The van der Waals surface area contributed by atoms with Crippen LogP contribution in [-0.4, -0.2) is 47.9 Å². The van der Waals surface area contributed by atoms with E-state index in [1.807, 2.05) is 0 Å². The van der Waals surface area contributed by atoms with E-state index in [9.17, 15) is 16.8 Å². The lowest BCUT2D eigenvalue weighted by atomic mass is 10.0. The van der Waals surface area contributed by atoms with Crippen LogP contribution in [0.1, 0.15) is 12.8 Å². The highest BCUT2D eigenvalue weighted by atomic mass is 32.2. The smallest absolute Gasteiger partial charge is 0.239 e. The fraction of sp³-hybridized carbons (Fsp3) is 0.583. The van der Waals surface area contributed by atoms with Gasteiger partial charge >= 0.3 is 0 Å². The van der Waals surface area contributed by atoms with Gasteiger partial charge in [0.15, 0.2) is 9.84 Å². The third-order valence-corrected chi connectivity index (χ3v) is 5.29. The van der Waals surface area contributed by atoms with Gasteiger partial charge < -0.3 is 9.47 Å². The predicted octanol–water partition coefficient (Wildman–Crippen LogP) is -0.0621.